The molecule has 2 aliphatic rings. The number of amides is 1. The highest BCUT2D eigenvalue weighted by atomic mass is 19.1. The molecule has 2 saturated carbocycles. The van der Waals surface area contributed by atoms with Crippen LogP contribution in [0, 0.1) is 0 Å². The summed E-state index contributed by atoms with van der Waals surface area (Å²) in [7, 11) is 1.78. The number of aliphatic hydroxyl groups is 1. The molecule has 4 aromatic rings. The van der Waals surface area contributed by atoms with Crippen molar-refractivity contribution in [2.45, 2.75) is 50.0 Å². The van der Waals surface area contributed by atoms with Crippen LogP contribution in [-0.2, 0) is 0 Å². The van der Waals surface area contributed by atoms with Crippen molar-refractivity contribution in [3.63, 3.8) is 0 Å². The molecule has 2 aliphatic carbocycles. The summed E-state index contributed by atoms with van der Waals surface area (Å²) in [6, 6.07) is 5.49. The van der Waals surface area contributed by atoms with Gasteiger partial charge in [-0.05, 0) is 37.8 Å². The number of hydrogen-bond donors (Lipinski definition) is 3. The molecular weight excluding hydrogens is 425 g/mol. The highest BCUT2D eigenvalue weighted by molar-refractivity contribution is 6.01. The molecule has 10 heteroatoms. The van der Waals surface area contributed by atoms with Crippen molar-refractivity contribution in [3.8, 4) is 11.3 Å². The van der Waals surface area contributed by atoms with Crippen molar-refractivity contribution >= 4 is 28.4 Å². The monoisotopic (exact) mass is 449 g/mol. The minimum atomic E-state index is -1.00. The van der Waals surface area contributed by atoms with Gasteiger partial charge in [-0.3, -0.25) is 4.79 Å². The Hall–Kier alpha value is -3.53. The Kier molecular flexibility index (Phi) is 4.58. The fraction of sp³-hybridized carbons (Fsp3) is 0.391. The van der Waals surface area contributed by atoms with E-state index in [0.29, 0.717) is 48.4 Å². The lowest BCUT2D eigenvalue weighted by Gasteiger charge is -2.32. The molecule has 0 radical (unpaired) electrons. The number of rotatable bonds is 5. The Bertz CT molecular complexity index is 1370. The number of alkyl halides is 1. The van der Waals surface area contributed by atoms with E-state index in [1.807, 2.05) is 24.4 Å². The van der Waals surface area contributed by atoms with Crippen LogP contribution in [0.25, 0.3) is 27.9 Å². The first kappa shape index (κ1) is 20.1. The van der Waals surface area contributed by atoms with Gasteiger partial charge in [0.2, 0.25) is 0 Å². The summed E-state index contributed by atoms with van der Waals surface area (Å²) in [6.07, 6.45) is 6.45. The smallest absolute Gasteiger partial charge is 0.257 e. The molecule has 170 valence electrons. The molecule has 0 aliphatic heterocycles. The highest BCUT2D eigenvalue weighted by Gasteiger charge is 2.33. The SMILES string of the molecule is CNc1cc(-c2cn(C3CC(O)C3)c3ncccc23)nc2c(C(=O)NC3CC[C@H]3F)cnn12. The van der Waals surface area contributed by atoms with Gasteiger partial charge in [0.25, 0.3) is 5.91 Å². The highest BCUT2D eigenvalue weighted by Crippen LogP contribution is 2.38. The summed E-state index contributed by atoms with van der Waals surface area (Å²) in [5.41, 5.74) is 3.09. The van der Waals surface area contributed by atoms with E-state index in [9.17, 15) is 14.3 Å². The quantitative estimate of drug-likeness (QED) is 0.432. The molecule has 1 unspecified atom stereocenters. The molecule has 0 bridgehead atoms. The molecule has 4 aromatic heterocycles. The maximum atomic E-state index is 13.7. The predicted octanol–water partition coefficient (Wildman–Crippen LogP) is 2.71. The molecular formula is C23H24FN7O2. The van der Waals surface area contributed by atoms with E-state index in [-0.39, 0.29) is 18.1 Å². The summed E-state index contributed by atoms with van der Waals surface area (Å²) in [5, 5.41) is 21.0. The second-order valence-electron chi connectivity index (χ2n) is 8.85. The molecule has 0 saturated heterocycles. The fourth-order valence-electron chi connectivity index (χ4n) is 4.66. The minimum absolute atomic E-state index is 0.186. The van der Waals surface area contributed by atoms with Gasteiger partial charge in [0.05, 0.1) is 24.0 Å². The van der Waals surface area contributed by atoms with Crippen LogP contribution in [0.15, 0.2) is 36.8 Å². The average molecular weight is 449 g/mol. The summed E-state index contributed by atoms with van der Waals surface area (Å²) < 4.78 is 17.4. The molecule has 33 heavy (non-hydrogen) atoms. The Morgan fingerprint density at radius 1 is 1.27 bits per heavy atom. The molecule has 0 spiro atoms. The Balaban J connectivity index is 1.46. The van der Waals surface area contributed by atoms with Gasteiger partial charge in [-0.15, -0.1) is 0 Å². The molecule has 0 aromatic carbocycles. The maximum absolute atomic E-state index is 13.7. The Labute approximate surface area is 188 Å². The van der Waals surface area contributed by atoms with Crippen molar-refractivity contribution in [2.75, 3.05) is 12.4 Å². The maximum Gasteiger partial charge on any atom is 0.257 e. The number of fused-ring (bicyclic) bond motifs is 2. The number of anilines is 1. The standard InChI is InChI=1S/C23H24FN7O2/c1-25-20-9-19(16-11-30(12-7-13(32)8-12)21-14(16)3-2-6-26-21)28-22-15(10-27-31(20)22)23(33)29-18-5-4-17(18)24/h2-3,6,9-13,17-18,25,32H,4-5,7-8H2,1H3,(H,29,33)/t12?,13?,17-,18?/m1/s1. The van der Waals surface area contributed by atoms with E-state index in [2.05, 4.69) is 25.3 Å². The van der Waals surface area contributed by atoms with E-state index in [1.165, 1.54) is 6.20 Å². The molecule has 2 atom stereocenters. The van der Waals surface area contributed by atoms with Crippen molar-refractivity contribution in [3.05, 3.63) is 42.4 Å². The van der Waals surface area contributed by atoms with Gasteiger partial charge in [0, 0.05) is 42.5 Å². The summed E-state index contributed by atoms with van der Waals surface area (Å²) in [4.78, 5) is 22.2. The zero-order chi connectivity index (χ0) is 22.7. The van der Waals surface area contributed by atoms with Gasteiger partial charge < -0.3 is 20.3 Å². The van der Waals surface area contributed by atoms with Crippen LogP contribution in [0.1, 0.15) is 42.1 Å². The zero-order valence-corrected chi connectivity index (χ0v) is 18.1. The van der Waals surface area contributed by atoms with Gasteiger partial charge >= 0.3 is 0 Å². The van der Waals surface area contributed by atoms with Crippen molar-refractivity contribution in [1.82, 2.24) is 29.5 Å². The number of nitrogens with zero attached hydrogens (tertiary/aromatic N) is 5. The lowest BCUT2D eigenvalue weighted by atomic mass is 9.89. The molecule has 6 rings (SSSR count). The van der Waals surface area contributed by atoms with Crippen LogP contribution >= 0.6 is 0 Å². The van der Waals surface area contributed by atoms with Gasteiger partial charge in [0.15, 0.2) is 5.65 Å². The normalized spacial score (nSPS) is 24.5. The van der Waals surface area contributed by atoms with Crippen LogP contribution in [0.5, 0.6) is 0 Å². The Morgan fingerprint density at radius 3 is 2.82 bits per heavy atom. The van der Waals surface area contributed by atoms with E-state index in [4.69, 9.17) is 4.98 Å². The van der Waals surface area contributed by atoms with E-state index >= 15 is 0 Å². The van der Waals surface area contributed by atoms with Crippen LogP contribution < -0.4 is 10.6 Å². The van der Waals surface area contributed by atoms with Gasteiger partial charge in [-0.25, -0.2) is 14.4 Å². The third kappa shape index (κ3) is 3.16. The zero-order valence-electron chi connectivity index (χ0n) is 18.1. The fourth-order valence-corrected chi connectivity index (χ4v) is 4.66. The second kappa shape index (κ2) is 7.51. The summed E-state index contributed by atoms with van der Waals surface area (Å²) in [5.74, 6) is 0.293. The average Bonchev–Trinajstić information content (AvgIpc) is 3.40. The second-order valence-corrected chi connectivity index (χ2v) is 8.85. The number of carbonyl (C=O) groups is 1. The lowest BCUT2D eigenvalue weighted by Crippen LogP contribution is -2.48. The largest absolute Gasteiger partial charge is 0.393 e. The number of nitrogens with one attached hydrogen (secondary N) is 2. The number of carbonyl (C=O) groups excluding carboxylic acids is 1. The topological polar surface area (TPSA) is 109 Å². The van der Waals surface area contributed by atoms with Crippen molar-refractivity contribution < 1.29 is 14.3 Å². The molecule has 4 heterocycles. The van der Waals surface area contributed by atoms with Crippen LogP contribution in [0.2, 0.25) is 0 Å². The van der Waals surface area contributed by atoms with Gasteiger partial charge in [-0.1, -0.05) is 0 Å². The summed E-state index contributed by atoms with van der Waals surface area (Å²) in [6.45, 7) is 0. The number of hydrogen-bond acceptors (Lipinski definition) is 6. The summed E-state index contributed by atoms with van der Waals surface area (Å²) >= 11 is 0. The number of pyridine rings is 1. The number of aromatic nitrogens is 5. The van der Waals surface area contributed by atoms with Crippen molar-refractivity contribution in [2.24, 2.45) is 0 Å². The molecule has 3 N–H and O–H groups in total. The molecule has 9 nitrogen and oxygen atoms in total. The van der Waals surface area contributed by atoms with Gasteiger partial charge in [-0.2, -0.15) is 9.61 Å². The lowest BCUT2D eigenvalue weighted by molar-refractivity contribution is 0.0501. The van der Waals surface area contributed by atoms with E-state index in [0.717, 1.165) is 16.6 Å². The number of halogens is 1. The van der Waals surface area contributed by atoms with E-state index in [1.54, 1.807) is 17.8 Å². The van der Waals surface area contributed by atoms with Crippen LogP contribution in [-0.4, -0.2) is 60.5 Å². The number of aliphatic hydroxyl groups excluding tert-OH is 1. The third-order valence-electron chi connectivity index (χ3n) is 6.83. The van der Waals surface area contributed by atoms with Gasteiger partial charge in [0.1, 0.15) is 23.2 Å². The first-order chi connectivity index (χ1) is 16.0. The molecule has 2 fully saturated rings. The van der Waals surface area contributed by atoms with Crippen LogP contribution in [0.3, 0.4) is 0 Å². The minimum Gasteiger partial charge on any atom is -0.393 e. The van der Waals surface area contributed by atoms with Crippen molar-refractivity contribution in [1.29, 1.82) is 0 Å². The van der Waals surface area contributed by atoms with E-state index < -0.39 is 12.2 Å². The third-order valence-corrected chi connectivity index (χ3v) is 6.83. The first-order valence-corrected chi connectivity index (χ1v) is 11.2. The van der Waals surface area contributed by atoms with Crippen LogP contribution in [0.4, 0.5) is 10.2 Å². The molecule has 1 amide bonds. The predicted molar refractivity (Wildman–Crippen MR) is 121 cm³/mol. The Morgan fingerprint density at radius 2 is 2.12 bits per heavy atom. The first-order valence-electron chi connectivity index (χ1n) is 11.2.